The van der Waals surface area contributed by atoms with Gasteiger partial charge in [-0.3, -0.25) is 0 Å². The predicted octanol–water partition coefficient (Wildman–Crippen LogP) is 1.31. The minimum Gasteiger partial charge on any atom is -0.396 e. The zero-order valence-electron chi connectivity index (χ0n) is 5.80. The van der Waals surface area contributed by atoms with Crippen LogP contribution in [-0.4, -0.2) is 11.7 Å². The van der Waals surface area contributed by atoms with E-state index in [9.17, 15) is 0 Å². The lowest BCUT2D eigenvalue weighted by molar-refractivity contribution is 0.259. The third-order valence-corrected chi connectivity index (χ3v) is 1.37. The van der Waals surface area contributed by atoms with Gasteiger partial charge in [0.25, 0.3) is 0 Å². The van der Waals surface area contributed by atoms with Crippen LogP contribution in [0, 0.1) is 17.2 Å². The topological polar surface area (TPSA) is 44.0 Å². The molecule has 0 saturated heterocycles. The van der Waals surface area contributed by atoms with Gasteiger partial charge in [-0.05, 0) is 18.8 Å². The summed E-state index contributed by atoms with van der Waals surface area (Å²) in [7, 11) is 0. The number of rotatable bonds is 4. The number of hydrogen-bond acceptors (Lipinski definition) is 2. The van der Waals surface area contributed by atoms with Gasteiger partial charge in [-0.15, -0.1) is 0 Å². The molecule has 0 rings (SSSR count). The molecule has 9 heavy (non-hydrogen) atoms. The molecule has 0 amide bonds. The first-order valence-corrected chi connectivity index (χ1v) is 3.29. The van der Waals surface area contributed by atoms with Crippen LogP contribution in [0.2, 0.25) is 0 Å². The van der Waals surface area contributed by atoms with Crippen LogP contribution in [0.1, 0.15) is 26.2 Å². The first-order valence-electron chi connectivity index (χ1n) is 3.29. The molecule has 0 aliphatic rings. The third-order valence-electron chi connectivity index (χ3n) is 1.37. The van der Waals surface area contributed by atoms with Crippen molar-refractivity contribution in [1.82, 2.24) is 0 Å². The first-order chi connectivity index (χ1) is 4.31. The number of aliphatic hydroxyl groups is 1. The summed E-state index contributed by atoms with van der Waals surface area (Å²) in [4.78, 5) is 0. The molecular weight excluding hydrogens is 114 g/mol. The molecule has 0 saturated carbocycles. The van der Waals surface area contributed by atoms with Gasteiger partial charge in [-0.1, -0.05) is 6.92 Å². The van der Waals surface area contributed by atoms with Gasteiger partial charge in [0, 0.05) is 13.0 Å². The largest absolute Gasteiger partial charge is 0.396 e. The Hall–Kier alpha value is -0.550. The highest BCUT2D eigenvalue weighted by molar-refractivity contribution is 4.70. The Morgan fingerprint density at radius 1 is 1.56 bits per heavy atom. The van der Waals surface area contributed by atoms with Crippen molar-refractivity contribution in [2.24, 2.45) is 5.92 Å². The minimum absolute atomic E-state index is 0.243. The van der Waals surface area contributed by atoms with E-state index in [4.69, 9.17) is 10.4 Å². The third kappa shape index (κ3) is 5.32. The number of nitrogens with zero attached hydrogens (tertiary/aromatic N) is 1. The molecule has 0 fully saturated rings. The summed E-state index contributed by atoms with van der Waals surface area (Å²) in [6, 6.07) is 2.08. The molecule has 0 unspecified atom stereocenters. The molecule has 0 heterocycles. The summed E-state index contributed by atoms with van der Waals surface area (Å²) >= 11 is 0. The normalized spacial score (nSPS) is 12.6. The second-order valence-corrected chi connectivity index (χ2v) is 2.31. The summed E-state index contributed by atoms with van der Waals surface area (Å²) in [5.74, 6) is 0.495. The average Bonchev–Trinajstić information content (AvgIpc) is 1.85. The van der Waals surface area contributed by atoms with Crippen LogP contribution in [-0.2, 0) is 0 Å². The van der Waals surface area contributed by atoms with Crippen LogP contribution in [0.4, 0.5) is 0 Å². The maximum Gasteiger partial charge on any atom is 0.0621 e. The SMILES string of the molecule is C[C@H](CCO)CCC#N. The number of nitriles is 1. The Bertz CT molecular complexity index is 95.6. The van der Waals surface area contributed by atoms with E-state index in [2.05, 4.69) is 6.07 Å². The van der Waals surface area contributed by atoms with Crippen molar-refractivity contribution in [1.29, 1.82) is 5.26 Å². The van der Waals surface area contributed by atoms with Crippen LogP contribution >= 0.6 is 0 Å². The highest BCUT2D eigenvalue weighted by atomic mass is 16.2. The fourth-order valence-corrected chi connectivity index (χ4v) is 0.676. The number of aliphatic hydroxyl groups excluding tert-OH is 1. The number of hydrogen-bond donors (Lipinski definition) is 1. The predicted molar refractivity (Wildman–Crippen MR) is 35.7 cm³/mol. The summed E-state index contributed by atoms with van der Waals surface area (Å²) in [6.45, 7) is 2.29. The van der Waals surface area contributed by atoms with E-state index in [1.807, 2.05) is 6.92 Å². The summed E-state index contributed by atoms with van der Waals surface area (Å²) in [5, 5.41) is 16.6. The van der Waals surface area contributed by atoms with Gasteiger partial charge < -0.3 is 5.11 Å². The monoisotopic (exact) mass is 127 g/mol. The van der Waals surface area contributed by atoms with Crippen LogP contribution in [0.15, 0.2) is 0 Å². The van der Waals surface area contributed by atoms with E-state index in [1.165, 1.54) is 0 Å². The molecule has 0 spiro atoms. The standard InChI is InChI=1S/C7H13NO/c1-7(4-6-9)3-2-5-8/h7,9H,2-4,6H2,1H3/t7-/m0/s1. The van der Waals surface area contributed by atoms with Crippen molar-refractivity contribution in [2.45, 2.75) is 26.2 Å². The molecule has 1 atom stereocenters. The van der Waals surface area contributed by atoms with Crippen LogP contribution in [0.25, 0.3) is 0 Å². The van der Waals surface area contributed by atoms with Crippen LogP contribution in [0.5, 0.6) is 0 Å². The molecule has 0 aliphatic carbocycles. The van der Waals surface area contributed by atoms with Crippen molar-refractivity contribution in [2.75, 3.05) is 6.61 Å². The molecule has 1 N–H and O–H groups in total. The quantitative estimate of drug-likeness (QED) is 0.618. The van der Waals surface area contributed by atoms with Gasteiger partial charge in [-0.2, -0.15) is 5.26 Å². The summed E-state index contributed by atoms with van der Waals surface area (Å²) in [5.41, 5.74) is 0. The molecule has 0 bridgehead atoms. The zero-order chi connectivity index (χ0) is 7.11. The Morgan fingerprint density at radius 3 is 2.67 bits per heavy atom. The maximum absolute atomic E-state index is 8.45. The Balaban J connectivity index is 3.07. The maximum atomic E-state index is 8.45. The summed E-state index contributed by atoms with van der Waals surface area (Å²) < 4.78 is 0. The Labute approximate surface area is 56.1 Å². The van der Waals surface area contributed by atoms with Gasteiger partial charge in [-0.25, -0.2) is 0 Å². The van der Waals surface area contributed by atoms with Crippen molar-refractivity contribution in [3.8, 4) is 6.07 Å². The van der Waals surface area contributed by atoms with E-state index < -0.39 is 0 Å². The first kappa shape index (κ1) is 8.45. The molecule has 2 nitrogen and oxygen atoms in total. The summed E-state index contributed by atoms with van der Waals surface area (Å²) in [6.07, 6.45) is 2.35. The van der Waals surface area contributed by atoms with Gasteiger partial charge in [0.15, 0.2) is 0 Å². The molecule has 0 aliphatic heterocycles. The van der Waals surface area contributed by atoms with Crippen LogP contribution < -0.4 is 0 Å². The minimum atomic E-state index is 0.243. The van der Waals surface area contributed by atoms with Gasteiger partial charge in [0.1, 0.15) is 0 Å². The van der Waals surface area contributed by atoms with Crippen LogP contribution in [0.3, 0.4) is 0 Å². The van der Waals surface area contributed by atoms with E-state index in [-0.39, 0.29) is 6.61 Å². The second kappa shape index (κ2) is 5.58. The lowest BCUT2D eigenvalue weighted by atomic mass is 10.0. The molecule has 0 radical (unpaired) electrons. The van der Waals surface area contributed by atoms with Crippen molar-refractivity contribution in [3.63, 3.8) is 0 Å². The molecule has 0 aromatic heterocycles. The lowest BCUT2D eigenvalue weighted by Gasteiger charge is -2.04. The fraction of sp³-hybridized carbons (Fsp3) is 0.857. The van der Waals surface area contributed by atoms with Gasteiger partial charge in [0.05, 0.1) is 6.07 Å². The molecule has 52 valence electrons. The zero-order valence-corrected chi connectivity index (χ0v) is 5.80. The van der Waals surface area contributed by atoms with Gasteiger partial charge in [0.2, 0.25) is 0 Å². The van der Waals surface area contributed by atoms with Crippen molar-refractivity contribution in [3.05, 3.63) is 0 Å². The molecule has 0 aromatic rings. The fourth-order valence-electron chi connectivity index (χ4n) is 0.676. The second-order valence-electron chi connectivity index (χ2n) is 2.31. The molecule has 0 aromatic carbocycles. The highest BCUT2D eigenvalue weighted by Gasteiger charge is 1.98. The van der Waals surface area contributed by atoms with E-state index in [0.29, 0.717) is 12.3 Å². The van der Waals surface area contributed by atoms with Crippen molar-refractivity contribution >= 4 is 0 Å². The van der Waals surface area contributed by atoms with E-state index >= 15 is 0 Å². The van der Waals surface area contributed by atoms with Gasteiger partial charge >= 0.3 is 0 Å². The Kier molecular flexibility index (Phi) is 5.24. The van der Waals surface area contributed by atoms with E-state index in [0.717, 1.165) is 12.8 Å². The smallest absolute Gasteiger partial charge is 0.0621 e. The Morgan fingerprint density at radius 2 is 2.22 bits per heavy atom. The average molecular weight is 127 g/mol. The lowest BCUT2D eigenvalue weighted by Crippen LogP contribution is -1.96. The molecular formula is C7H13NO. The highest BCUT2D eigenvalue weighted by Crippen LogP contribution is 2.07. The van der Waals surface area contributed by atoms with E-state index in [1.54, 1.807) is 0 Å². The van der Waals surface area contributed by atoms with Crippen molar-refractivity contribution < 1.29 is 5.11 Å². The molecule has 2 heteroatoms.